The van der Waals surface area contributed by atoms with E-state index < -0.39 is 0 Å². The summed E-state index contributed by atoms with van der Waals surface area (Å²) in [6, 6.07) is 3.94. The molecule has 0 spiro atoms. The summed E-state index contributed by atoms with van der Waals surface area (Å²) in [4.78, 5) is 13.5. The van der Waals surface area contributed by atoms with Gasteiger partial charge in [0.05, 0.1) is 36.6 Å². The average Bonchev–Trinajstić information content (AvgIpc) is 3.12. The van der Waals surface area contributed by atoms with Gasteiger partial charge in [-0.2, -0.15) is 5.10 Å². The first-order valence-electron chi connectivity index (χ1n) is 9.87. The number of hydrogen-bond acceptors (Lipinski definition) is 7. The molecule has 1 aliphatic heterocycles. The van der Waals surface area contributed by atoms with Crippen molar-refractivity contribution >= 4 is 28.4 Å². The Morgan fingerprint density at radius 1 is 1.20 bits per heavy atom. The number of benzene rings is 2. The topological polar surface area (TPSA) is 105 Å². The predicted octanol–water partition coefficient (Wildman–Crippen LogP) is 4.18. The molecule has 0 saturated heterocycles. The summed E-state index contributed by atoms with van der Waals surface area (Å²) in [5.74, 6) is 1.24. The highest BCUT2D eigenvalue weighted by Gasteiger charge is 2.36. The van der Waals surface area contributed by atoms with Crippen LogP contribution in [-0.4, -0.2) is 35.5 Å². The molecule has 3 aromatic rings. The number of rotatable bonds is 7. The normalized spacial score (nSPS) is 12.2. The van der Waals surface area contributed by atoms with E-state index in [0.29, 0.717) is 41.4 Å². The lowest BCUT2D eigenvalue weighted by Gasteiger charge is -2.21. The van der Waals surface area contributed by atoms with E-state index in [-0.39, 0.29) is 10.6 Å². The molecule has 0 bridgehead atoms. The Kier molecular flexibility index (Phi) is 5.33. The second kappa shape index (κ2) is 7.81. The Morgan fingerprint density at radius 3 is 2.53 bits per heavy atom. The summed E-state index contributed by atoms with van der Waals surface area (Å²) in [7, 11) is 3.18. The monoisotopic (exact) mass is 428 g/mol. The van der Waals surface area contributed by atoms with E-state index in [4.69, 9.17) is 20.3 Å². The zero-order valence-corrected chi connectivity index (χ0v) is 18.3. The van der Waals surface area contributed by atoms with Crippen molar-refractivity contribution in [3.05, 3.63) is 33.4 Å². The van der Waals surface area contributed by atoms with Gasteiger partial charge in [-0.15, -0.1) is 0 Å². The van der Waals surface area contributed by atoms with Crippen LogP contribution in [0.3, 0.4) is 0 Å². The molecular formula is C21H24N4O4S. The van der Waals surface area contributed by atoms with Gasteiger partial charge in [0.25, 0.3) is 5.69 Å². The van der Waals surface area contributed by atoms with Crippen molar-refractivity contribution in [2.45, 2.75) is 43.0 Å². The van der Waals surface area contributed by atoms with E-state index in [2.05, 4.69) is 6.92 Å². The van der Waals surface area contributed by atoms with E-state index in [0.717, 1.165) is 39.1 Å². The van der Waals surface area contributed by atoms with Crippen molar-refractivity contribution in [3.8, 4) is 22.8 Å². The van der Waals surface area contributed by atoms with Crippen LogP contribution in [0.4, 0.5) is 5.69 Å². The maximum absolute atomic E-state index is 12.2. The van der Waals surface area contributed by atoms with E-state index in [1.165, 1.54) is 11.8 Å². The van der Waals surface area contributed by atoms with Gasteiger partial charge in [-0.25, -0.2) is 0 Å². The molecule has 0 unspecified atom stereocenters. The van der Waals surface area contributed by atoms with Gasteiger partial charge < -0.3 is 15.2 Å². The van der Waals surface area contributed by atoms with E-state index in [1.54, 1.807) is 14.2 Å². The predicted molar refractivity (Wildman–Crippen MR) is 117 cm³/mol. The lowest BCUT2D eigenvalue weighted by molar-refractivity contribution is -0.388. The Morgan fingerprint density at radius 2 is 1.97 bits per heavy atom. The summed E-state index contributed by atoms with van der Waals surface area (Å²) in [6.07, 6.45) is 1.25. The van der Waals surface area contributed by atoms with E-state index in [1.807, 2.05) is 23.7 Å². The summed E-state index contributed by atoms with van der Waals surface area (Å²) in [5.41, 5.74) is 9.99. The second-order valence-corrected chi connectivity index (χ2v) is 8.02. The Bertz CT molecular complexity index is 1170. The van der Waals surface area contributed by atoms with Crippen LogP contribution in [0.15, 0.2) is 21.9 Å². The number of methoxy groups -OCH3 is 2. The number of ether oxygens (including phenoxy) is 2. The number of aryl methyl sites for hydroxylation is 1. The van der Waals surface area contributed by atoms with E-state index >= 15 is 0 Å². The smallest absolute Gasteiger partial charge is 0.290 e. The second-order valence-electron chi connectivity index (χ2n) is 7.00. The molecule has 2 aromatic carbocycles. The molecular weight excluding hydrogens is 404 g/mol. The van der Waals surface area contributed by atoms with Gasteiger partial charge in [0.1, 0.15) is 21.9 Å². The van der Waals surface area contributed by atoms with Gasteiger partial charge >= 0.3 is 0 Å². The SMILES string of the molecule is CCc1cc(OC)cc2c1Sc1c([N+](=O)[O-])c(CC)c(OC)c3c1c-2nn3CCN. The maximum atomic E-state index is 12.2. The maximum Gasteiger partial charge on any atom is 0.290 e. The summed E-state index contributed by atoms with van der Waals surface area (Å²) < 4.78 is 13.0. The average molecular weight is 429 g/mol. The Labute approximate surface area is 178 Å². The van der Waals surface area contributed by atoms with Crippen LogP contribution in [0, 0.1) is 10.1 Å². The molecule has 4 rings (SSSR count). The molecule has 30 heavy (non-hydrogen) atoms. The number of nitrogens with two attached hydrogens (primary N) is 1. The van der Waals surface area contributed by atoms with Gasteiger partial charge in [0.15, 0.2) is 5.75 Å². The highest BCUT2D eigenvalue weighted by Crippen LogP contribution is 2.56. The van der Waals surface area contributed by atoms with Gasteiger partial charge in [0.2, 0.25) is 0 Å². The molecule has 1 aliphatic rings. The molecule has 1 aromatic heterocycles. The molecule has 2 heterocycles. The number of fused-ring (bicyclic) bond motifs is 2. The fourth-order valence-corrected chi connectivity index (χ4v) is 5.56. The summed E-state index contributed by atoms with van der Waals surface area (Å²) in [6.45, 7) is 4.84. The summed E-state index contributed by atoms with van der Waals surface area (Å²) >= 11 is 1.44. The molecule has 0 saturated carbocycles. The lowest BCUT2D eigenvalue weighted by atomic mass is 9.99. The first-order chi connectivity index (χ1) is 14.5. The Balaban J connectivity index is 2.21. The molecule has 0 fully saturated rings. The van der Waals surface area contributed by atoms with Crippen LogP contribution < -0.4 is 15.2 Å². The lowest BCUT2D eigenvalue weighted by Crippen LogP contribution is -2.12. The number of nitro benzene ring substituents is 1. The standard InChI is InChI=1S/C21H24N4O4S/c1-5-11-9-12(28-3)10-14-16-15-18(24(23-16)8-7-22)19(29-4)13(6-2)17(25(26)27)21(15)30-20(11)14/h9-10H,5-8,22H2,1-4H3. The van der Waals surface area contributed by atoms with Crippen LogP contribution in [0.25, 0.3) is 22.2 Å². The van der Waals surface area contributed by atoms with Crippen LogP contribution in [0.2, 0.25) is 0 Å². The zero-order valence-electron chi connectivity index (χ0n) is 17.4. The van der Waals surface area contributed by atoms with Crippen molar-refractivity contribution in [1.29, 1.82) is 0 Å². The summed E-state index contributed by atoms with van der Waals surface area (Å²) in [5, 5.41) is 17.8. The minimum atomic E-state index is -0.298. The fraction of sp³-hybridized carbons (Fsp3) is 0.381. The quantitative estimate of drug-likeness (QED) is 0.348. The molecule has 9 heteroatoms. The molecule has 0 amide bonds. The van der Waals surface area contributed by atoms with Crippen LogP contribution in [-0.2, 0) is 19.4 Å². The van der Waals surface area contributed by atoms with Crippen molar-refractivity contribution in [2.24, 2.45) is 5.73 Å². The Hall–Kier alpha value is -2.78. The van der Waals surface area contributed by atoms with Crippen molar-refractivity contribution < 1.29 is 14.4 Å². The van der Waals surface area contributed by atoms with Gasteiger partial charge in [-0.3, -0.25) is 14.8 Å². The van der Waals surface area contributed by atoms with Crippen molar-refractivity contribution in [2.75, 3.05) is 20.8 Å². The number of nitrogens with zero attached hydrogens (tertiary/aromatic N) is 3. The van der Waals surface area contributed by atoms with E-state index in [9.17, 15) is 10.1 Å². The fourth-order valence-electron chi connectivity index (χ4n) is 4.17. The highest BCUT2D eigenvalue weighted by atomic mass is 32.2. The largest absolute Gasteiger partial charge is 0.497 e. The highest BCUT2D eigenvalue weighted by molar-refractivity contribution is 8.00. The third-order valence-electron chi connectivity index (χ3n) is 5.47. The molecule has 0 atom stereocenters. The van der Waals surface area contributed by atoms with Crippen molar-refractivity contribution in [3.63, 3.8) is 0 Å². The first-order valence-corrected chi connectivity index (χ1v) is 10.7. The van der Waals surface area contributed by atoms with Crippen LogP contribution >= 0.6 is 11.8 Å². The molecule has 8 nitrogen and oxygen atoms in total. The molecule has 0 aliphatic carbocycles. The number of aromatic nitrogens is 2. The minimum absolute atomic E-state index is 0.101. The first kappa shape index (κ1) is 20.5. The minimum Gasteiger partial charge on any atom is -0.497 e. The van der Waals surface area contributed by atoms with Gasteiger partial charge in [0, 0.05) is 17.0 Å². The van der Waals surface area contributed by atoms with Crippen LogP contribution in [0.5, 0.6) is 11.5 Å². The molecule has 0 radical (unpaired) electrons. The van der Waals surface area contributed by atoms with Crippen molar-refractivity contribution in [1.82, 2.24) is 9.78 Å². The third kappa shape index (κ3) is 2.84. The van der Waals surface area contributed by atoms with Crippen LogP contribution in [0.1, 0.15) is 25.0 Å². The van der Waals surface area contributed by atoms with Gasteiger partial charge in [-0.05, 0) is 30.5 Å². The molecule has 2 N–H and O–H groups in total. The molecule has 158 valence electrons. The number of hydrogen-bond donors (Lipinski definition) is 1. The number of nitro groups is 1. The zero-order chi connectivity index (χ0) is 21.6. The van der Waals surface area contributed by atoms with Gasteiger partial charge in [-0.1, -0.05) is 25.6 Å². The third-order valence-corrected chi connectivity index (χ3v) is 6.75.